The predicted octanol–water partition coefficient (Wildman–Crippen LogP) is 5.68. The minimum absolute atomic E-state index is 0.0198. The number of morpholine rings is 1. The second-order valence-corrected chi connectivity index (χ2v) is 9.38. The van der Waals surface area contributed by atoms with Crippen molar-refractivity contribution in [1.29, 1.82) is 0 Å². The molecule has 1 saturated heterocycles. The van der Waals surface area contributed by atoms with Crippen molar-refractivity contribution in [3.63, 3.8) is 0 Å². The summed E-state index contributed by atoms with van der Waals surface area (Å²) >= 11 is 0. The topological polar surface area (TPSA) is 88.6 Å². The minimum Gasteiger partial charge on any atom is -0.491 e. The molecular formula is C30H28F3N5O3. The van der Waals surface area contributed by atoms with Crippen LogP contribution in [-0.4, -0.2) is 60.2 Å². The third-order valence-corrected chi connectivity index (χ3v) is 6.62. The fourth-order valence-electron chi connectivity index (χ4n) is 4.52. The van der Waals surface area contributed by atoms with Gasteiger partial charge >= 0.3 is 0 Å². The maximum atomic E-state index is 14.8. The molecule has 0 saturated carbocycles. The number of nitrogens with one attached hydrogen (secondary N) is 2. The maximum Gasteiger partial charge on any atom is 0.247 e. The van der Waals surface area contributed by atoms with Gasteiger partial charge in [0.25, 0.3) is 0 Å². The maximum absolute atomic E-state index is 14.8. The monoisotopic (exact) mass is 563 g/mol. The number of carbonyl (C=O) groups excluding carboxylic acids is 1. The van der Waals surface area contributed by atoms with Crippen LogP contribution in [0.25, 0.3) is 22.0 Å². The molecule has 0 spiro atoms. The van der Waals surface area contributed by atoms with E-state index in [2.05, 4.69) is 32.1 Å². The van der Waals surface area contributed by atoms with Gasteiger partial charge in [-0.2, -0.15) is 0 Å². The van der Waals surface area contributed by atoms with Crippen molar-refractivity contribution in [3.05, 3.63) is 85.0 Å². The summed E-state index contributed by atoms with van der Waals surface area (Å²) in [4.78, 5) is 23.1. The standard InChI is InChI=1S/C30H28F3N5O3/c1-2-29(39)36-27-16-22-25(17-28(27)41-11-3-8-38-9-12-40-13-10-38)34-18-35-30(22)37-26-14-19(4-7-23(26)32)21-6-5-20(31)15-24(21)33/h2,4-7,14-18H,1,3,8-13H2,(H,36,39)(H,34,35,37). The number of carbonyl (C=O) groups is 1. The van der Waals surface area contributed by atoms with Gasteiger partial charge in [-0.05, 0) is 48.4 Å². The van der Waals surface area contributed by atoms with E-state index in [9.17, 15) is 18.0 Å². The number of aromatic nitrogens is 2. The first-order chi connectivity index (χ1) is 19.9. The molecule has 212 valence electrons. The smallest absolute Gasteiger partial charge is 0.247 e. The molecule has 8 nitrogen and oxygen atoms in total. The Morgan fingerprint density at radius 1 is 1.02 bits per heavy atom. The van der Waals surface area contributed by atoms with E-state index in [-0.39, 0.29) is 17.1 Å². The molecule has 1 aliphatic rings. The van der Waals surface area contributed by atoms with Crippen LogP contribution in [0.3, 0.4) is 0 Å². The molecule has 2 heterocycles. The van der Waals surface area contributed by atoms with Crippen LogP contribution in [0.4, 0.5) is 30.4 Å². The van der Waals surface area contributed by atoms with E-state index in [4.69, 9.17) is 9.47 Å². The minimum atomic E-state index is -0.768. The molecule has 1 fully saturated rings. The molecule has 2 N–H and O–H groups in total. The van der Waals surface area contributed by atoms with Crippen molar-refractivity contribution in [3.8, 4) is 16.9 Å². The van der Waals surface area contributed by atoms with Crippen LogP contribution >= 0.6 is 0 Å². The Bertz CT molecular complexity index is 1580. The molecule has 1 aliphatic heterocycles. The number of fused-ring (bicyclic) bond motifs is 1. The zero-order valence-electron chi connectivity index (χ0n) is 22.1. The van der Waals surface area contributed by atoms with Gasteiger partial charge in [-0.15, -0.1) is 0 Å². The highest BCUT2D eigenvalue weighted by molar-refractivity contribution is 6.03. The summed E-state index contributed by atoms with van der Waals surface area (Å²) in [5.74, 6) is -1.86. The number of halogens is 3. The average molecular weight is 564 g/mol. The molecule has 11 heteroatoms. The lowest BCUT2D eigenvalue weighted by Gasteiger charge is -2.26. The van der Waals surface area contributed by atoms with Gasteiger partial charge in [0.2, 0.25) is 5.91 Å². The first-order valence-corrected chi connectivity index (χ1v) is 13.1. The van der Waals surface area contributed by atoms with Crippen LogP contribution in [0.1, 0.15) is 6.42 Å². The van der Waals surface area contributed by atoms with Gasteiger partial charge in [0.05, 0.1) is 36.7 Å². The number of anilines is 3. The highest BCUT2D eigenvalue weighted by atomic mass is 19.1. The summed E-state index contributed by atoms with van der Waals surface area (Å²) in [5.41, 5.74) is 1.34. The van der Waals surface area contributed by atoms with Gasteiger partial charge in [0, 0.05) is 42.7 Å². The number of rotatable bonds is 10. The SMILES string of the molecule is C=CC(=O)Nc1cc2c(Nc3cc(-c4ccc(F)cc4F)ccc3F)ncnc2cc1OCCCN1CCOCC1. The van der Waals surface area contributed by atoms with Crippen LogP contribution in [-0.2, 0) is 9.53 Å². The molecule has 0 radical (unpaired) electrons. The third kappa shape index (κ3) is 6.82. The van der Waals surface area contributed by atoms with Crippen molar-refractivity contribution < 1.29 is 27.4 Å². The molecular weight excluding hydrogens is 535 g/mol. The Hall–Kier alpha value is -4.48. The zero-order chi connectivity index (χ0) is 28.8. The molecule has 3 aromatic carbocycles. The van der Waals surface area contributed by atoms with Gasteiger partial charge < -0.3 is 20.1 Å². The third-order valence-electron chi connectivity index (χ3n) is 6.62. The van der Waals surface area contributed by atoms with Crippen molar-refractivity contribution in [1.82, 2.24) is 14.9 Å². The lowest BCUT2D eigenvalue weighted by atomic mass is 10.0. The quantitative estimate of drug-likeness (QED) is 0.190. The molecule has 0 bridgehead atoms. The van der Waals surface area contributed by atoms with E-state index in [1.165, 1.54) is 30.6 Å². The number of amides is 1. The summed E-state index contributed by atoms with van der Waals surface area (Å²) in [6.45, 7) is 7.97. The summed E-state index contributed by atoms with van der Waals surface area (Å²) in [7, 11) is 0. The largest absolute Gasteiger partial charge is 0.491 e. The first-order valence-electron chi connectivity index (χ1n) is 13.1. The number of hydrogen-bond donors (Lipinski definition) is 2. The van der Waals surface area contributed by atoms with E-state index in [1.807, 2.05) is 0 Å². The molecule has 1 aromatic heterocycles. The van der Waals surface area contributed by atoms with Crippen molar-refractivity contribution in [2.45, 2.75) is 6.42 Å². The van der Waals surface area contributed by atoms with Crippen molar-refractivity contribution >= 4 is 34.0 Å². The van der Waals surface area contributed by atoms with Gasteiger partial charge in [-0.25, -0.2) is 23.1 Å². The van der Waals surface area contributed by atoms with Crippen LogP contribution in [0, 0.1) is 17.5 Å². The molecule has 0 aliphatic carbocycles. The van der Waals surface area contributed by atoms with Gasteiger partial charge in [0.15, 0.2) is 0 Å². The van der Waals surface area contributed by atoms with Crippen LogP contribution in [0.2, 0.25) is 0 Å². The summed E-state index contributed by atoms with van der Waals surface area (Å²) in [5, 5.41) is 6.17. The van der Waals surface area contributed by atoms with E-state index >= 15 is 0 Å². The molecule has 0 atom stereocenters. The highest BCUT2D eigenvalue weighted by Crippen LogP contribution is 2.35. The Labute approximate surface area is 234 Å². The highest BCUT2D eigenvalue weighted by Gasteiger charge is 2.16. The van der Waals surface area contributed by atoms with Gasteiger partial charge in [0.1, 0.15) is 35.3 Å². The molecule has 4 aromatic rings. The van der Waals surface area contributed by atoms with E-state index in [0.29, 0.717) is 34.5 Å². The summed E-state index contributed by atoms with van der Waals surface area (Å²) < 4.78 is 54.0. The van der Waals surface area contributed by atoms with E-state index in [0.717, 1.165) is 57.5 Å². The van der Waals surface area contributed by atoms with Gasteiger partial charge in [-0.3, -0.25) is 9.69 Å². The Balaban J connectivity index is 1.42. The first kappa shape index (κ1) is 28.1. The predicted molar refractivity (Wildman–Crippen MR) is 151 cm³/mol. The number of benzene rings is 3. The summed E-state index contributed by atoms with van der Waals surface area (Å²) in [6, 6.07) is 10.5. The number of ether oxygens (including phenoxy) is 2. The lowest BCUT2D eigenvalue weighted by Crippen LogP contribution is -2.37. The molecule has 1 amide bonds. The zero-order valence-corrected chi connectivity index (χ0v) is 22.1. The number of nitrogens with zero attached hydrogens (tertiary/aromatic N) is 3. The second kappa shape index (κ2) is 12.8. The normalized spacial score (nSPS) is 13.6. The van der Waals surface area contributed by atoms with Crippen LogP contribution in [0.5, 0.6) is 5.75 Å². The van der Waals surface area contributed by atoms with E-state index < -0.39 is 23.4 Å². The Morgan fingerprint density at radius 2 is 1.85 bits per heavy atom. The molecule has 41 heavy (non-hydrogen) atoms. The molecule has 5 rings (SSSR count). The Kier molecular flexibility index (Phi) is 8.76. The number of hydrogen-bond acceptors (Lipinski definition) is 7. The van der Waals surface area contributed by atoms with E-state index in [1.54, 1.807) is 12.1 Å². The van der Waals surface area contributed by atoms with Crippen LogP contribution < -0.4 is 15.4 Å². The van der Waals surface area contributed by atoms with Crippen LogP contribution in [0.15, 0.2) is 67.5 Å². The fraction of sp³-hybridized carbons (Fsp3) is 0.233. The van der Waals surface area contributed by atoms with Crippen molar-refractivity contribution in [2.24, 2.45) is 0 Å². The second-order valence-electron chi connectivity index (χ2n) is 9.38. The van der Waals surface area contributed by atoms with Gasteiger partial charge in [-0.1, -0.05) is 12.6 Å². The fourth-order valence-corrected chi connectivity index (χ4v) is 4.52. The molecule has 0 unspecified atom stereocenters. The average Bonchev–Trinajstić information content (AvgIpc) is 2.97. The lowest BCUT2D eigenvalue weighted by molar-refractivity contribution is -0.111. The summed E-state index contributed by atoms with van der Waals surface area (Å²) in [6.07, 6.45) is 3.23. The Morgan fingerprint density at radius 3 is 2.63 bits per heavy atom. The van der Waals surface area contributed by atoms with Crippen molar-refractivity contribution in [2.75, 3.05) is 50.1 Å².